The molecule has 0 saturated carbocycles. The van der Waals surface area contributed by atoms with E-state index in [9.17, 15) is 9.59 Å². The molecular formula is C18H18N2O3. The van der Waals surface area contributed by atoms with E-state index in [4.69, 9.17) is 4.74 Å². The van der Waals surface area contributed by atoms with E-state index in [1.807, 2.05) is 50.2 Å². The van der Waals surface area contributed by atoms with Gasteiger partial charge in [0.25, 0.3) is 5.91 Å². The molecule has 0 radical (unpaired) electrons. The third-order valence-corrected chi connectivity index (χ3v) is 3.74. The van der Waals surface area contributed by atoms with Crippen molar-refractivity contribution < 1.29 is 14.3 Å². The average molecular weight is 310 g/mol. The molecule has 0 bridgehead atoms. The lowest BCUT2D eigenvalue weighted by Crippen LogP contribution is -2.39. The van der Waals surface area contributed by atoms with Gasteiger partial charge in [0.15, 0.2) is 6.10 Å². The van der Waals surface area contributed by atoms with E-state index < -0.39 is 6.10 Å². The van der Waals surface area contributed by atoms with Crippen LogP contribution < -0.4 is 15.4 Å². The first-order chi connectivity index (χ1) is 11.0. The standard InChI is InChI=1S/C18H18N2O3/c1-11-7-8-15-14(9-11)20-18(22)16(23-15)10-17(21)19-13-6-4-3-5-12(13)2/h3-9,16H,10H2,1-2H3,(H,19,21)(H,20,22). The molecule has 1 heterocycles. The number of rotatable bonds is 3. The summed E-state index contributed by atoms with van der Waals surface area (Å²) in [6, 6.07) is 13.0. The Morgan fingerprint density at radius 3 is 2.78 bits per heavy atom. The molecule has 0 aromatic heterocycles. The predicted molar refractivity (Wildman–Crippen MR) is 88.7 cm³/mol. The number of hydrogen-bond acceptors (Lipinski definition) is 3. The fourth-order valence-corrected chi connectivity index (χ4v) is 2.48. The van der Waals surface area contributed by atoms with Crippen LogP contribution in [0.2, 0.25) is 0 Å². The Kier molecular flexibility index (Phi) is 4.02. The summed E-state index contributed by atoms with van der Waals surface area (Å²) < 4.78 is 5.66. The summed E-state index contributed by atoms with van der Waals surface area (Å²) in [6.45, 7) is 3.85. The highest BCUT2D eigenvalue weighted by Gasteiger charge is 2.29. The van der Waals surface area contributed by atoms with Crippen molar-refractivity contribution in [2.45, 2.75) is 26.4 Å². The van der Waals surface area contributed by atoms with Crippen molar-refractivity contribution in [3.63, 3.8) is 0 Å². The van der Waals surface area contributed by atoms with Crippen LogP contribution in [0.15, 0.2) is 42.5 Å². The molecule has 0 fully saturated rings. The number of nitrogens with one attached hydrogen (secondary N) is 2. The van der Waals surface area contributed by atoms with E-state index in [0.29, 0.717) is 11.4 Å². The van der Waals surface area contributed by atoms with Crippen LogP contribution >= 0.6 is 0 Å². The van der Waals surface area contributed by atoms with Crippen LogP contribution in [0.25, 0.3) is 0 Å². The van der Waals surface area contributed by atoms with Gasteiger partial charge in [0.1, 0.15) is 5.75 Å². The van der Waals surface area contributed by atoms with E-state index >= 15 is 0 Å². The minimum atomic E-state index is -0.825. The van der Waals surface area contributed by atoms with Crippen LogP contribution in [0.5, 0.6) is 5.75 Å². The lowest BCUT2D eigenvalue weighted by Gasteiger charge is -2.25. The Labute approximate surface area is 134 Å². The maximum Gasteiger partial charge on any atom is 0.266 e. The summed E-state index contributed by atoms with van der Waals surface area (Å²) in [5.41, 5.74) is 3.38. The molecule has 0 aliphatic carbocycles. The largest absolute Gasteiger partial charge is 0.478 e. The topological polar surface area (TPSA) is 67.4 Å². The summed E-state index contributed by atoms with van der Waals surface area (Å²) in [4.78, 5) is 24.3. The van der Waals surface area contributed by atoms with Gasteiger partial charge in [-0.05, 0) is 43.2 Å². The van der Waals surface area contributed by atoms with Crippen LogP contribution in [-0.4, -0.2) is 17.9 Å². The molecule has 2 amide bonds. The number of fused-ring (bicyclic) bond motifs is 1. The van der Waals surface area contributed by atoms with Crippen LogP contribution in [0.3, 0.4) is 0 Å². The number of para-hydroxylation sites is 1. The minimum absolute atomic E-state index is 0.0342. The number of hydrogen-bond donors (Lipinski definition) is 2. The number of aryl methyl sites for hydroxylation is 2. The Hall–Kier alpha value is -2.82. The number of ether oxygens (including phenoxy) is 1. The third-order valence-electron chi connectivity index (χ3n) is 3.74. The van der Waals surface area contributed by atoms with Gasteiger partial charge in [0, 0.05) is 5.69 Å². The summed E-state index contributed by atoms with van der Waals surface area (Å²) in [5.74, 6) is 0.0296. The molecule has 2 aromatic rings. The normalized spacial score (nSPS) is 16.1. The van der Waals surface area contributed by atoms with Crippen LogP contribution in [0, 0.1) is 13.8 Å². The Balaban J connectivity index is 1.68. The zero-order valence-corrected chi connectivity index (χ0v) is 13.1. The molecule has 5 heteroatoms. The lowest BCUT2D eigenvalue weighted by atomic mass is 10.1. The number of benzene rings is 2. The van der Waals surface area contributed by atoms with E-state index in [1.54, 1.807) is 6.07 Å². The second-order valence-corrected chi connectivity index (χ2v) is 5.66. The van der Waals surface area contributed by atoms with Gasteiger partial charge in [-0.15, -0.1) is 0 Å². The van der Waals surface area contributed by atoms with Crippen LogP contribution in [-0.2, 0) is 9.59 Å². The quantitative estimate of drug-likeness (QED) is 0.915. The first kappa shape index (κ1) is 15.1. The minimum Gasteiger partial charge on any atom is -0.478 e. The number of anilines is 2. The van der Waals surface area contributed by atoms with Gasteiger partial charge in [0.05, 0.1) is 12.1 Å². The number of amides is 2. The molecule has 1 aliphatic rings. The van der Waals surface area contributed by atoms with Crippen molar-refractivity contribution in [1.29, 1.82) is 0 Å². The van der Waals surface area contributed by atoms with Gasteiger partial charge in [-0.25, -0.2) is 0 Å². The summed E-state index contributed by atoms with van der Waals surface area (Å²) in [5, 5.41) is 5.60. The monoisotopic (exact) mass is 310 g/mol. The highest BCUT2D eigenvalue weighted by molar-refractivity contribution is 6.02. The second-order valence-electron chi connectivity index (χ2n) is 5.66. The molecule has 5 nitrogen and oxygen atoms in total. The van der Waals surface area contributed by atoms with Crippen molar-refractivity contribution in [1.82, 2.24) is 0 Å². The first-order valence-electron chi connectivity index (χ1n) is 7.46. The van der Waals surface area contributed by atoms with Crippen molar-refractivity contribution in [3.8, 4) is 5.75 Å². The second kappa shape index (κ2) is 6.12. The number of carbonyl (C=O) groups is 2. The van der Waals surface area contributed by atoms with Gasteiger partial charge in [0.2, 0.25) is 5.91 Å². The molecule has 2 N–H and O–H groups in total. The van der Waals surface area contributed by atoms with Crippen molar-refractivity contribution in [2.24, 2.45) is 0 Å². The molecule has 1 atom stereocenters. The van der Waals surface area contributed by atoms with Crippen molar-refractivity contribution in [3.05, 3.63) is 53.6 Å². The fraction of sp³-hybridized carbons (Fsp3) is 0.222. The molecule has 2 aromatic carbocycles. The fourth-order valence-electron chi connectivity index (χ4n) is 2.48. The zero-order chi connectivity index (χ0) is 16.4. The molecule has 23 heavy (non-hydrogen) atoms. The van der Waals surface area contributed by atoms with Crippen LogP contribution in [0.1, 0.15) is 17.5 Å². The van der Waals surface area contributed by atoms with Gasteiger partial charge in [-0.2, -0.15) is 0 Å². The molecule has 1 aliphatic heterocycles. The van der Waals surface area contributed by atoms with Crippen molar-refractivity contribution in [2.75, 3.05) is 10.6 Å². The maximum absolute atomic E-state index is 12.2. The summed E-state index contributed by atoms with van der Waals surface area (Å²) in [6.07, 6.45) is -0.859. The maximum atomic E-state index is 12.2. The van der Waals surface area contributed by atoms with Gasteiger partial charge >= 0.3 is 0 Å². The van der Waals surface area contributed by atoms with Gasteiger partial charge < -0.3 is 15.4 Å². The SMILES string of the molecule is Cc1ccc2c(c1)NC(=O)C(CC(=O)Nc1ccccc1C)O2. The highest BCUT2D eigenvalue weighted by atomic mass is 16.5. The number of carbonyl (C=O) groups excluding carboxylic acids is 2. The Bertz CT molecular complexity index is 771. The van der Waals surface area contributed by atoms with Gasteiger partial charge in [-0.3, -0.25) is 9.59 Å². The predicted octanol–water partition coefficient (Wildman–Crippen LogP) is 3.03. The molecule has 3 rings (SSSR count). The van der Waals surface area contributed by atoms with E-state index in [2.05, 4.69) is 10.6 Å². The first-order valence-corrected chi connectivity index (χ1v) is 7.46. The molecule has 0 saturated heterocycles. The van der Waals surface area contributed by atoms with Gasteiger partial charge in [-0.1, -0.05) is 24.3 Å². The van der Waals surface area contributed by atoms with E-state index in [1.165, 1.54) is 0 Å². The molecule has 118 valence electrons. The third kappa shape index (κ3) is 3.34. The Morgan fingerprint density at radius 2 is 2.00 bits per heavy atom. The summed E-state index contributed by atoms with van der Waals surface area (Å²) in [7, 11) is 0. The molecule has 0 spiro atoms. The molecular weight excluding hydrogens is 292 g/mol. The average Bonchev–Trinajstić information content (AvgIpc) is 2.50. The van der Waals surface area contributed by atoms with E-state index in [-0.39, 0.29) is 18.2 Å². The lowest BCUT2D eigenvalue weighted by molar-refractivity contribution is -0.128. The van der Waals surface area contributed by atoms with Crippen molar-refractivity contribution >= 4 is 23.2 Å². The van der Waals surface area contributed by atoms with E-state index in [0.717, 1.165) is 16.8 Å². The smallest absolute Gasteiger partial charge is 0.266 e. The molecule has 1 unspecified atom stereocenters. The highest BCUT2D eigenvalue weighted by Crippen LogP contribution is 2.31. The van der Waals surface area contributed by atoms with Crippen LogP contribution in [0.4, 0.5) is 11.4 Å². The Morgan fingerprint density at radius 1 is 1.22 bits per heavy atom. The summed E-state index contributed by atoms with van der Waals surface area (Å²) >= 11 is 0. The zero-order valence-electron chi connectivity index (χ0n) is 13.1.